The van der Waals surface area contributed by atoms with Gasteiger partial charge in [0.1, 0.15) is 11.6 Å². The molecule has 1 aromatic carbocycles. The molecular weight excluding hydrogens is 359 g/mol. The minimum absolute atomic E-state index is 0. The number of nitrogens with zero attached hydrogens (tertiary/aromatic N) is 2. The monoisotopic (exact) mass is 382 g/mol. The highest BCUT2D eigenvalue weighted by Gasteiger charge is 2.18. The molecule has 0 saturated carbocycles. The fourth-order valence-electron chi connectivity index (χ4n) is 2.84. The molecule has 1 aliphatic heterocycles. The smallest absolute Gasteiger partial charge is 0.276 e. The summed E-state index contributed by atoms with van der Waals surface area (Å²) in [6.45, 7) is 4.30. The van der Waals surface area contributed by atoms with Crippen molar-refractivity contribution in [2.45, 2.75) is 32.2 Å². The van der Waals surface area contributed by atoms with Gasteiger partial charge in [-0.2, -0.15) is 5.10 Å². The molecule has 2 aromatic rings. The lowest BCUT2D eigenvalue weighted by Gasteiger charge is -2.22. The Hall–Kier alpha value is -2.12. The number of hydrogen-bond acceptors (Lipinski definition) is 4. The predicted molar refractivity (Wildman–Crippen MR) is 101 cm³/mol. The standard InChI is InChI=1S/C18H23FN4O2.ClH/c1-2-10-25-17-11-13(19)5-6-15(17)21-18(24)16-7-9-23(22-16)14-4-3-8-20-12-14;/h5-7,9,11,14,20H,2-4,8,10,12H2,1H3,(H,21,24);1H. The third-order valence-electron chi connectivity index (χ3n) is 4.14. The molecule has 0 aliphatic carbocycles. The van der Waals surface area contributed by atoms with E-state index in [1.165, 1.54) is 18.2 Å². The lowest BCUT2D eigenvalue weighted by Crippen LogP contribution is -2.32. The van der Waals surface area contributed by atoms with Gasteiger partial charge in [-0.25, -0.2) is 4.39 Å². The summed E-state index contributed by atoms with van der Waals surface area (Å²) < 4.78 is 20.8. The van der Waals surface area contributed by atoms with Gasteiger partial charge in [-0.3, -0.25) is 9.48 Å². The van der Waals surface area contributed by atoms with Crippen molar-refractivity contribution in [1.29, 1.82) is 0 Å². The number of anilines is 1. The fraction of sp³-hybridized carbons (Fsp3) is 0.444. The summed E-state index contributed by atoms with van der Waals surface area (Å²) in [6, 6.07) is 6.03. The number of benzene rings is 1. The third kappa shape index (κ3) is 4.95. The molecule has 1 atom stereocenters. The quantitative estimate of drug-likeness (QED) is 0.803. The van der Waals surface area contributed by atoms with E-state index < -0.39 is 5.82 Å². The van der Waals surface area contributed by atoms with Gasteiger partial charge in [-0.15, -0.1) is 12.4 Å². The van der Waals surface area contributed by atoms with Crippen LogP contribution in [0.25, 0.3) is 0 Å². The van der Waals surface area contributed by atoms with Gasteiger partial charge in [0.25, 0.3) is 5.91 Å². The molecule has 0 spiro atoms. The van der Waals surface area contributed by atoms with Crippen LogP contribution in [0.5, 0.6) is 5.75 Å². The Labute approximate surface area is 158 Å². The molecule has 0 bridgehead atoms. The van der Waals surface area contributed by atoms with Crippen molar-refractivity contribution in [3.63, 3.8) is 0 Å². The second-order valence-electron chi connectivity index (χ2n) is 6.12. The van der Waals surface area contributed by atoms with Crippen LogP contribution in [0.4, 0.5) is 10.1 Å². The molecule has 2 N–H and O–H groups in total. The van der Waals surface area contributed by atoms with Crippen LogP contribution in [0.1, 0.15) is 42.7 Å². The molecular formula is C18H24ClFN4O2. The molecule has 2 heterocycles. The lowest BCUT2D eigenvalue weighted by molar-refractivity contribution is 0.102. The summed E-state index contributed by atoms with van der Waals surface area (Å²) in [6.07, 6.45) is 4.76. The Bertz CT molecular complexity index is 732. The largest absolute Gasteiger partial charge is 0.491 e. The number of ether oxygens (including phenoxy) is 1. The third-order valence-corrected chi connectivity index (χ3v) is 4.14. The summed E-state index contributed by atoms with van der Waals surface area (Å²) in [4.78, 5) is 12.5. The van der Waals surface area contributed by atoms with Gasteiger partial charge in [0, 0.05) is 18.8 Å². The topological polar surface area (TPSA) is 68.2 Å². The van der Waals surface area contributed by atoms with Crippen LogP contribution >= 0.6 is 12.4 Å². The van der Waals surface area contributed by atoms with E-state index in [9.17, 15) is 9.18 Å². The van der Waals surface area contributed by atoms with Crippen LogP contribution in [0.15, 0.2) is 30.5 Å². The Morgan fingerprint density at radius 2 is 2.31 bits per heavy atom. The Kier molecular flexibility index (Phi) is 7.41. The SMILES string of the molecule is CCCOc1cc(F)ccc1NC(=O)c1ccn(C2CCCNC2)n1.Cl. The first kappa shape index (κ1) is 20.2. The highest BCUT2D eigenvalue weighted by Crippen LogP contribution is 2.26. The maximum absolute atomic E-state index is 13.4. The summed E-state index contributed by atoms with van der Waals surface area (Å²) in [5.74, 6) is -0.417. The molecule has 1 saturated heterocycles. The molecule has 1 aromatic heterocycles. The average molecular weight is 383 g/mol. The highest BCUT2D eigenvalue weighted by molar-refractivity contribution is 6.03. The van der Waals surface area contributed by atoms with Gasteiger partial charge in [0.15, 0.2) is 5.69 Å². The number of rotatable bonds is 6. The number of amides is 1. The molecule has 1 unspecified atom stereocenters. The highest BCUT2D eigenvalue weighted by atomic mass is 35.5. The van der Waals surface area contributed by atoms with Crippen molar-refractivity contribution < 1.29 is 13.9 Å². The number of hydrogen-bond donors (Lipinski definition) is 2. The van der Waals surface area contributed by atoms with E-state index in [1.807, 2.05) is 17.8 Å². The average Bonchev–Trinajstić information content (AvgIpc) is 3.13. The Morgan fingerprint density at radius 3 is 3.04 bits per heavy atom. The maximum atomic E-state index is 13.4. The van der Waals surface area contributed by atoms with Crippen molar-refractivity contribution in [2.75, 3.05) is 25.0 Å². The van der Waals surface area contributed by atoms with E-state index in [0.29, 0.717) is 23.7 Å². The first-order chi connectivity index (χ1) is 12.2. The number of nitrogens with one attached hydrogen (secondary N) is 2. The predicted octanol–water partition coefficient (Wildman–Crippen LogP) is 3.41. The second-order valence-corrected chi connectivity index (χ2v) is 6.12. The number of halogens is 2. The van der Waals surface area contributed by atoms with Crippen molar-refractivity contribution in [1.82, 2.24) is 15.1 Å². The Balaban J connectivity index is 0.00000243. The minimum atomic E-state index is -0.404. The van der Waals surface area contributed by atoms with Gasteiger partial charge in [-0.1, -0.05) is 6.92 Å². The molecule has 26 heavy (non-hydrogen) atoms. The van der Waals surface area contributed by atoms with E-state index >= 15 is 0 Å². The van der Waals surface area contributed by atoms with Crippen LogP contribution in [0.3, 0.4) is 0 Å². The molecule has 1 aliphatic rings. The maximum Gasteiger partial charge on any atom is 0.276 e. The van der Waals surface area contributed by atoms with Crippen molar-refractivity contribution in [3.8, 4) is 5.75 Å². The number of aromatic nitrogens is 2. The van der Waals surface area contributed by atoms with Crippen LogP contribution in [-0.2, 0) is 0 Å². The van der Waals surface area contributed by atoms with E-state index in [-0.39, 0.29) is 24.4 Å². The van der Waals surface area contributed by atoms with Crippen molar-refractivity contribution >= 4 is 24.0 Å². The summed E-state index contributed by atoms with van der Waals surface area (Å²) >= 11 is 0. The van der Waals surface area contributed by atoms with Gasteiger partial charge in [-0.05, 0) is 44.0 Å². The van der Waals surface area contributed by atoms with E-state index in [4.69, 9.17) is 4.74 Å². The van der Waals surface area contributed by atoms with E-state index in [0.717, 1.165) is 32.4 Å². The molecule has 6 nitrogen and oxygen atoms in total. The second kappa shape index (κ2) is 9.54. The minimum Gasteiger partial charge on any atom is -0.491 e. The normalized spacial score (nSPS) is 16.6. The number of piperidine rings is 1. The van der Waals surface area contributed by atoms with Crippen LogP contribution in [0, 0.1) is 5.82 Å². The number of carbonyl (C=O) groups excluding carboxylic acids is 1. The van der Waals surface area contributed by atoms with Gasteiger partial charge < -0.3 is 15.4 Å². The van der Waals surface area contributed by atoms with E-state index in [2.05, 4.69) is 15.7 Å². The van der Waals surface area contributed by atoms with Crippen molar-refractivity contribution in [2.24, 2.45) is 0 Å². The molecule has 1 amide bonds. The molecule has 0 radical (unpaired) electrons. The fourth-order valence-corrected chi connectivity index (χ4v) is 2.84. The van der Waals surface area contributed by atoms with Crippen molar-refractivity contribution in [3.05, 3.63) is 42.0 Å². The lowest BCUT2D eigenvalue weighted by atomic mass is 10.1. The van der Waals surface area contributed by atoms with Gasteiger partial charge >= 0.3 is 0 Å². The summed E-state index contributed by atoms with van der Waals surface area (Å²) in [5.41, 5.74) is 0.769. The number of carbonyl (C=O) groups is 1. The van der Waals surface area contributed by atoms with Crippen LogP contribution in [-0.4, -0.2) is 35.4 Å². The molecule has 142 valence electrons. The molecule has 3 rings (SSSR count). The first-order valence-corrected chi connectivity index (χ1v) is 8.67. The summed E-state index contributed by atoms with van der Waals surface area (Å²) in [5, 5.41) is 10.5. The van der Waals surface area contributed by atoms with E-state index in [1.54, 1.807) is 6.07 Å². The molecule has 1 fully saturated rings. The Morgan fingerprint density at radius 1 is 1.46 bits per heavy atom. The zero-order valence-corrected chi connectivity index (χ0v) is 15.5. The molecule has 8 heteroatoms. The summed E-state index contributed by atoms with van der Waals surface area (Å²) in [7, 11) is 0. The zero-order valence-electron chi connectivity index (χ0n) is 14.7. The van der Waals surface area contributed by atoms with Gasteiger partial charge in [0.2, 0.25) is 0 Å². The zero-order chi connectivity index (χ0) is 17.6. The first-order valence-electron chi connectivity index (χ1n) is 8.67. The van der Waals surface area contributed by atoms with Gasteiger partial charge in [0.05, 0.1) is 18.3 Å². The van der Waals surface area contributed by atoms with Crippen LogP contribution in [0.2, 0.25) is 0 Å². The van der Waals surface area contributed by atoms with Crippen LogP contribution < -0.4 is 15.4 Å².